The Morgan fingerprint density at radius 2 is 2.29 bits per heavy atom. The second-order valence-electron chi connectivity index (χ2n) is 3.38. The molecule has 1 aromatic carbocycles. The van der Waals surface area contributed by atoms with Crippen LogP contribution in [0.5, 0.6) is 0 Å². The van der Waals surface area contributed by atoms with E-state index in [4.69, 9.17) is 7.79 Å². The lowest BCUT2D eigenvalue weighted by Crippen LogP contribution is -2.19. The summed E-state index contributed by atoms with van der Waals surface area (Å²) in [6, 6.07) is 7.45. The molecular formula is C12H13NO. The summed E-state index contributed by atoms with van der Waals surface area (Å²) in [6.45, 7) is 0.453. The first-order valence-corrected chi connectivity index (χ1v) is 4.64. The van der Waals surface area contributed by atoms with Crippen LogP contribution in [0.1, 0.15) is 31.0 Å². The Labute approximate surface area is 85.4 Å². The van der Waals surface area contributed by atoms with Crippen molar-refractivity contribution in [2.45, 2.75) is 18.5 Å². The van der Waals surface area contributed by atoms with Crippen LogP contribution >= 0.6 is 0 Å². The van der Waals surface area contributed by atoms with Crippen LogP contribution in [0.2, 0.25) is 0 Å². The van der Waals surface area contributed by atoms with E-state index in [-0.39, 0.29) is 6.04 Å². The third-order valence-electron chi connectivity index (χ3n) is 2.50. The van der Waals surface area contributed by atoms with Gasteiger partial charge in [0.05, 0.1) is 14.0 Å². The van der Waals surface area contributed by atoms with Crippen LogP contribution in [-0.2, 0) is 0 Å². The van der Waals surface area contributed by atoms with Gasteiger partial charge in [0.25, 0.3) is 0 Å². The normalized spacial score (nSPS) is 30.6. The summed E-state index contributed by atoms with van der Waals surface area (Å²) in [4.78, 5) is 0. The maximum Gasteiger partial charge on any atom is 0.0811 e. The predicted octanol–water partition coefficient (Wildman–Crippen LogP) is 1.39. The molecule has 1 aromatic rings. The zero-order valence-corrected chi connectivity index (χ0v) is 7.83. The molecule has 0 fully saturated rings. The minimum absolute atomic E-state index is 0.0141. The molecule has 0 aliphatic heterocycles. The molecule has 1 aliphatic carbocycles. The van der Waals surface area contributed by atoms with Crippen LogP contribution in [0.15, 0.2) is 24.3 Å². The van der Waals surface area contributed by atoms with Crippen molar-refractivity contribution in [3.05, 3.63) is 35.4 Å². The second-order valence-corrected chi connectivity index (χ2v) is 3.38. The smallest absolute Gasteiger partial charge is 0.0811 e. The number of terminal acetylenes is 1. The highest BCUT2D eigenvalue weighted by atomic mass is 16.3. The van der Waals surface area contributed by atoms with Crippen molar-refractivity contribution in [2.24, 2.45) is 0 Å². The minimum Gasteiger partial charge on any atom is -0.388 e. The van der Waals surface area contributed by atoms with Gasteiger partial charge in [0.1, 0.15) is 0 Å². The third-order valence-corrected chi connectivity index (χ3v) is 2.50. The van der Waals surface area contributed by atoms with Gasteiger partial charge in [0, 0.05) is 6.04 Å². The Morgan fingerprint density at radius 1 is 1.57 bits per heavy atom. The van der Waals surface area contributed by atoms with Crippen LogP contribution in [0.3, 0.4) is 0 Å². The average Bonchev–Trinajstić information content (AvgIpc) is 2.49. The molecule has 2 rings (SSSR count). The predicted molar refractivity (Wildman–Crippen MR) is 55.6 cm³/mol. The summed E-state index contributed by atoms with van der Waals surface area (Å²) >= 11 is 0. The molecule has 72 valence electrons. The van der Waals surface area contributed by atoms with E-state index in [9.17, 15) is 5.11 Å². The highest BCUT2D eigenvalue weighted by molar-refractivity contribution is 5.36. The van der Waals surface area contributed by atoms with Crippen LogP contribution < -0.4 is 5.32 Å². The Bertz CT molecular complexity index is 408. The van der Waals surface area contributed by atoms with E-state index in [1.807, 2.05) is 18.2 Å². The summed E-state index contributed by atoms with van der Waals surface area (Å²) in [6.07, 6.45) is 4.04. The van der Waals surface area contributed by atoms with Crippen molar-refractivity contribution < 1.29 is 6.48 Å². The Balaban J connectivity index is 2.31. The summed E-state index contributed by atoms with van der Waals surface area (Å²) in [5.74, 6) is 2.50. The fraction of sp³-hybridized carbons (Fsp3) is 0.333. The first kappa shape index (κ1) is 8.05. The molecule has 14 heavy (non-hydrogen) atoms. The van der Waals surface area contributed by atoms with Gasteiger partial charge in [-0.15, -0.1) is 6.42 Å². The monoisotopic (exact) mass is 188 g/mol. The molecule has 0 radical (unpaired) electrons. The van der Waals surface area contributed by atoms with E-state index in [1.165, 1.54) is 0 Å². The van der Waals surface area contributed by atoms with Gasteiger partial charge in [0.15, 0.2) is 0 Å². The Morgan fingerprint density at radius 3 is 3.00 bits per heavy atom. The molecule has 1 aliphatic rings. The molecule has 2 heteroatoms. The van der Waals surface area contributed by atoms with Gasteiger partial charge in [-0.1, -0.05) is 30.2 Å². The molecule has 0 bridgehead atoms. The van der Waals surface area contributed by atoms with Crippen molar-refractivity contribution in [3.63, 3.8) is 0 Å². The molecule has 0 aromatic heterocycles. The molecule has 2 atom stereocenters. The number of hydrogen-bond donors (Lipinski definition) is 2. The van der Waals surface area contributed by atoms with Gasteiger partial charge in [0.2, 0.25) is 0 Å². The van der Waals surface area contributed by atoms with E-state index in [0.717, 1.165) is 5.56 Å². The zero-order valence-electron chi connectivity index (χ0n) is 8.83. The number of benzene rings is 1. The van der Waals surface area contributed by atoms with Crippen LogP contribution in [0.25, 0.3) is 0 Å². The molecule has 0 saturated carbocycles. The molecule has 1 unspecified atom stereocenters. The van der Waals surface area contributed by atoms with Crippen molar-refractivity contribution in [2.75, 3.05) is 6.54 Å². The maximum atomic E-state index is 9.89. The average molecular weight is 188 g/mol. The maximum absolute atomic E-state index is 9.89. The molecular weight excluding hydrogens is 174 g/mol. The summed E-state index contributed by atoms with van der Waals surface area (Å²) in [7, 11) is 0. The van der Waals surface area contributed by atoms with Crippen molar-refractivity contribution in [1.82, 2.24) is 5.32 Å². The summed E-state index contributed by atoms with van der Waals surface area (Å²) in [5, 5.41) is 13.0. The largest absolute Gasteiger partial charge is 0.388 e. The molecule has 2 nitrogen and oxygen atoms in total. The van der Waals surface area contributed by atoms with Gasteiger partial charge in [-0.3, -0.25) is 5.32 Å². The standard InChI is InChI=1S/C12H13NO/c1-2-7-13-11-8-12(14)10-6-4-3-5-9(10)11/h1,3-6,11-14H,7-8H2/t11-,12?/m1/s1/i12D. The van der Waals surface area contributed by atoms with E-state index >= 15 is 0 Å². The third kappa shape index (κ3) is 1.52. The van der Waals surface area contributed by atoms with Crippen molar-refractivity contribution >= 4 is 0 Å². The highest BCUT2D eigenvalue weighted by Gasteiger charge is 2.28. The minimum atomic E-state index is -1.48. The van der Waals surface area contributed by atoms with Crippen molar-refractivity contribution in [3.8, 4) is 12.3 Å². The first-order valence-electron chi connectivity index (χ1n) is 5.14. The fourth-order valence-corrected chi connectivity index (χ4v) is 1.84. The Hall–Kier alpha value is -1.30. The first-order chi connectivity index (χ1) is 7.15. The number of fused-ring (bicyclic) bond motifs is 1. The number of nitrogens with one attached hydrogen (secondary N) is 1. The van der Waals surface area contributed by atoms with Gasteiger partial charge >= 0.3 is 0 Å². The van der Waals surface area contributed by atoms with Crippen LogP contribution in [0.4, 0.5) is 0 Å². The van der Waals surface area contributed by atoms with E-state index in [1.54, 1.807) is 6.07 Å². The molecule has 0 saturated heterocycles. The second kappa shape index (κ2) is 3.83. The highest BCUT2D eigenvalue weighted by Crippen LogP contribution is 2.37. The van der Waals surface area contributed by atoms with Crippen LogP contribution in [0, 0.1) is 12.3 Å². The van der Waals surface area contributed by atoms with Gasteiger partial charge in [-0.2, -0.15) is 0 Å². The van der Waals surface area contributed by atoms with Gasteiger partial charge in [-0.05, 0) is 17.5 Å². The number of rotatable bonds is 2. The topological polar surface area (TPSA) is 32.3 Å². The quantitative estimate of drug-likeness (QED) is 0.687. The van der Waals surface area contributed by atoms with Crippen molar-refractivity contribution in [1.29, 1.82) is 0 Å². The molecule has 0 amide bonds. The summed E-state index contributed by atoms with van der Waals surface area (Å²) < 4.78 is 7.80. The summed E-state index contributed by atoms with van der Waals surface area (Å²) in [5.41, 5.74) is 1.66. The SMILES string of the molecule is [2H]C1(O)C[C@@H](NCC#C)c2ccccc21. The fourth-order valence-electron chi connectivity index (χ4n) is 1.84. The lowest BCUT2D eigenvalue weighted by atomic mass is 10.1. The van der Waals surface area contributed by atoms with Crippen LogP contribution in [-0.4, -0.2) is 11.7 Å². The van der Waals surface area contributed by atoms with E-state index in [0.29, 0.717) is 18.5 Å². The molecule has 0 spiro atoms. The lowest BCUT2D eigenvalue weighted by molar-refractivity contribution is 0.169. The van der Waals surface area contributed by atoms with E-state index < -0.39 is 6.08 Å². The molecule has 0 heterocycles. The number of aliphatic hydroxyl groups is 1. The number of hydrogen-bond acceptors (Lipinski definition) is 2. The van der Waals surface area contributed by atoms with Gasteiger partial charge in [-0.25, -0.2) is 0 Å². The zero-order chi connectivity index (χ0) is 10.9. The van der Waals surface area contributed by atoms with Gasteiger partial charge < -0.3 is 5.11 Å². The van der Waals surface area contributed by atoms with E-state index in [2.05, 4.69) is 11.2 Å². The molecule has 2 N–H and O–H groups in total. The Kier molecular flexibility index (Phi) is 2.20. The lowest BCUT2D eigenvalue weighted by Gasteiger charge is -2.10.